The average Bonchev–Trinajstić information content (AvgIpc) is 2.64. The Kier molecular flexibility index (Phi) is 7.95. The van der Waals surface area contributed by atoms with E-state index in [9.17, 15) is 9.59 Å². The molecule has 0 aromatic heterocycles. The van der Waals surface area contributed by atoms with Crippen molar-refractivity contribution in [3.63, 3.8) is 0 Å². The second-order valence-electron chi connectivity index (χ2n) is 6.23. The number of hydrogen-bond acceptors (Lipinski definition) is 2. The van der Waals surface area contributed by atoms with Crippen molar-refractivity contribution in [1.82, 2.24) is 10.6 Å². The van der Waals surface area contributed by atoms with Gasteiger partial charge >= 0.3 is 0 Å². The lowest BCUT2D eigenvalue weighted by molar-refractivity contribution is 0.0945. The minimum absolute atomic E-state index is 0.106. The molecule has 2 aromatic rings. The molecule has 0 radical (unpaired) electrons. The van der Waals surface area contributed by atoms with Crippen molar-refractivity contribution < 1.29 is 9.59 Å². The van der Waals surface area contributed by atoms with Gasteiger partial charge in [0.25, 0.3) is 11.8 Å². The number of amides is 2. The van der Waals surface area contributed by atoms with E-state index in [1.807, 2.05) is 0 Å². The molecule has 0 fully saturated rings. The first-order valence-electron chi connectivity index (χ1n) is 8.53. The lowest BCUT2D eigenvalue weighted by Gasteiger charge is -2.13. The predicted octanol–water partition coefficient (Wildman–Crippen LogP) is 4.57. The van der Waals surface area contributed by atoms with Crippen LogP contribution < -0.4 is 10.6 Å². The molecule has 1 atom stereocenters. The van der Waals surface area contributed by atoms with Crippen LogP contribution in [0.5, 0.6) is 0 Å². The number of halogens is 2. The molecule has 0 saturated heterocycles. The molecule has 0 aliphatic heterocycles. The lowest BCUT2D eigenvalue weighted by atomic mass is 10.1. The first-order chi connectivity index (χ1) is 12.5. The van der Waals surface area contributed by atoms with Gasteiger partial charge in [0, 0.05) is 34.3 Å². The molecule has 2 rings (SSSR count). The van der Waals surface area contributed by atoms with Crippen molar-refractivity contribution in [2.45, 2.75) is 19.8 Å². The summed E-state index contributed by atoms with van der Waals surface area (Å²) in [5.74, 6) is 0.105. The summed E-state index contributed by atoms with van der Waals surface area (Å²) in [6.07, 6.45) is 1.75. The van der Waals surface area contributed by atoms with Gasteiger partial charge in [-0.15, -0.1) is 0 Å². The molecule has 138 valence electrons. The SMILES string of the molecule is C[C@H](CCCNC(=O)c1ccc(Cl)cc1)CNC(=O)c1ccc(Cl)cc1. The van der Waals surface area contributed by atoms with E-state index in [1.54, 1.807) is 48.5 Å². The van der Waals surface area contributed by atoms with Crippen LogP contribution in [0.4, 0.5) is 0 Å². The van der Waals surface area contributed by atoms with E-state index in [0.29, 0.717) is 40.2 Å². The van der Waals surface area contributed by atoms with Crippen LogP contribution in [0.2, 0.25) is 10.0 Å². The fraction of sp³-hybridized carbons (Fsp3) is 0.300. The Bertz CT molecular complexity index is 730. The van der Waals surface area contributed by atoms with Gasteiger partial charge in [0.2, 0.25) is 0 Å². The number of rotatable bonds is 8. The maximum Gasteiger partial charge on any atom is 0.251 e. The smallest absolute Gasteiger partial charge is 0.251 e. The Labute approximate surface area is 163 Å². The first-order valence-corrected chi connectivity index (χ1v) is 9.29. The number of benzene rings is 2. The molecular weight excluding hydrogens is 371 g/mol. The van der Waals surface area contributed by atoms with Crippen LogP contribution in [0.3, 0.4) is 0 Å². The standard InChI is InChI=1S/C20H22Cl2N2O2/c1-14(13-24-20(26)16-6-10-18(22)11-7-16)3-2-12-23-19(25)15-4-8-17(21)9-5-15/h4-11,14H,2-3,12-13H2,1H3,(H,23,25)(H,24,26)/t14-/m1/s1. The highest BCUT2D eigenvalue weighted by Gasteiger charge is 2.09. The maximum absolute atomic E-state index is 12.0. The zero-order valence-electron chi connectivity index (χ0n) is 14.6. The molecule has 0 aliphatic rings. The largest absolute Gasteiger partial charge is 0.352 e. The fourth-order valence-electron chi connectivity index (χ4n) is 2.43. The molecule has 2 N–H and O–H groups in total. The summed E-state index contributed by atoms with van der Waals surface area (Å²) in [5, 5.41) is 7.02. The molecule has 2 amide bonds. The minimum Gasteiger partial charge on any atom is -0.352 e. The molecule has 0 heterocycles. The second kappa shape index (κ2) is 10.2. The number of carbonyl (C=O) groups excluding carboxylic acids is 2. The van der Waals surface area contributed by atoms with Gasteiger partial charge in [-0.1, -0.05) is 30.1 Å². The van der Waals surface area contributed by atoms with E-state index < -0.39 is 0 Å². The third-order valence-electron chi connectivity index (χ3n) is 3.98. The van der Waals surface area contributed by atoms with E-state index in [2.05, 4.69) is 17.6 Å². The molecule has 6 heteroatoms. The summed E-state index contributed by atoms with van der Waals surface area (Å²) >= 11 is 11.6. The first kappa shape index (κ1) is 20.3. The van der Waals surface area contributed by atoms with Crippen LogP contribution >= 0.6 is 23.2 Å². The van der Waals surface area contributed by atoms with E-state index in [1.165, 1.54) is 0 Å². The van der Waals surface area contributed by atoms with Gasteiger partial charge in [0.15, 0.2) is 0 Å². The highest BCUT2D eigenvalue weighted by molar-refractivity contribution is 6.31. The van der Waals surface area contributed by atoms with E-state index in [4.69, 9.17) is 23.2 Å². The van der Waals surface area contributed by atoms with Crippen LogP contribution in [0.15, 0.2) is 48.5 Å². The Morgan fingerprint density at radius 2 is 1.31 bits per heavy atom. The van der Waals surface area contributed by atoms with E-state index in [0.717, 1.165) is 12.8 Å². The topological polar surface area (TPSA) is 58.2 Å². The van der Waals surface area contributed by atoms with Crippen molar-refractivity contribution in [3.8, 4) is 0 Å². The fourth-order valence-corrected chi connectivity index (χ4v) is 2.68. The molecule has 0 saturated carbocycles. The van der Waals surface area contributed by atoms with Gasteiger partial charge in [-0.25, -0.2) is 0 Å². The predicted molar refractivity (Wildman–Crippen MR) is 106 cm³/mol. The van der Waals surface area contributed by atoms with Gasteiger partial charge in [0.05, 0.1) is 0 Å². The zero-order valence-corrected chi connectivity index (χ0v) is 16.1. The van der Waals surface area contributed by atoms with Gasteiger partial charge in [0.1, 0.15) is 0 Å². The summed E-state index contributed by atoms with van der Waals surface area (Å²) in [7, 11) is 0. The van der Waals surface area contributed by atoms with Crippen molar-refractivity contribution in [2.24, 2.45) is 5.92 Å². The normalized spacial score (nSPS) is 11.7. The molecular formula is C20H22Cl2N2O2. The molecule has 2 aromatic carbocycles. The van der Waals surface area contributed by atoms with Gasteiger partial charge in [-0.05, 0) is 67.3 Å². The molecule has 4 nitrogen and oxygen atoms in total. The lowest BCUT2D eigenvalue weighted by Crippen LogP contribution is -2.29. The second-order valence-corrected chi connectivity index (χ2v) is 7.10. The Balaban J connectivity index is 1.63. The minimum atomic E-state index is -0.107. The molecule has 0 unspecified atom stereocenters. The van der Waals surface area contributed by atoms with Crippen LogP contribution in [-0.2, 0) is 0 Å². The Hall–Kier alpha value is -2.04. The van der Waals surface area contributed by atoms with Crippen molar-refractivity contribution in [1.29, 1.82) is 0 Å². The third-order valence-corrected chi connectivity index (χ3v) is 4.49. The molecule has 26 heavy (non-hydrogen) atoms. The highest BCUT2D eigenvalue weighted by Crippen LogP contribution is 2.11. The van der Waals surface area contributed by atoms with Crippen LogP contribution in [0, 0.1) is 5.92 Å². The Morgan fingerprint density at radius 1 is 0.846 bits per heavy atom. The summed E-state index contributed by atoms with van der Waals surface area (Å²) in [6.45, 7) is 3.26. The highest BCUT2D eigenvalue weighted by atomic mass is 35.5. The number of hydrogen-bond donors (Lipinski definition) is 2. The van der Waals surface area contributed by atoms with E-state index >= 15 is 0 Å². The molecule has 0 spiro atoms. The van der Waals surface area contributed by atoms with Gasteiger partial charge in [-0.2, -0.15) is 0 Å². The summed E-state index contributed by atoms with van der Waals surface area (Å²) in [6, 6.07) is 13.6. The quantitative estimate of drug-likeness (QED) is 0.646. The van der Waals surface area contributed by atoms with Crippen molar-refractivity contribution >= 4 is 35.0 Å². The van der Waals surface area contributed by atoms with Crippen LogP contribution in [-0.4, -0.2) is 24.9 Å². The monoisotopic (exact) mass is 392 g/mol. The van der Waals surface area contributed by atoms with Crippen molar-refractivity contribution in [2.75, 3.05) is 13.1 Å². The average molecular weight is 393 g/mol. The van der Waals surface area contributed by atoms with Crippen molar-refractivity contribution in [3.05, 3.63) is 69.7 Å². The summed E-state index contributed by atoms with van der Waals surface area (Å²) in [4.78, 5) is 24.0. The molecule has 0 aliphatic carbocycles. The summed E-state index contributed by atoms with van der Waals surface area (Å²) in [5.41, 5.74) is 1.19. The zero-order chi connectivity index (χ0) is 18.9. The summed E-state index contributed by atoms with van der Waals surface area (Å²) < 4.78 is 0. The number of nitrogens with one attached hydrogen (secondary N) is 2. The maximum atomic E-state index is 12.0. The van der Waals surface area contributed by atoms with Gasteiger partial charge < -0.3 is 10.6 Å². The van der Waals surface area contributed by atoms with E-state index in [-0.39, 0.29) is 11.8 Å². The molecule has 0 bridgehead atoms. The Morgan fingerprint density at radius 3 is 1.81 bits per heavy atom. The third kappa shape index (κ3) is 6.70. The van der Waals surface area contributed by atoms with Gasteiger partial charge in [-0.3, -0.25) is 9.59 Å². The van der Waals surface area contributed by atoms with Crippen LogP contribution in [0.25, 0.3) is 0 Å². The van der Waals surface area contributed by atoms with Crippen LogP contribution in [0.1, 0.15) is 40.5 Å². The number of carbonyl (C=O) groups is 2.